The molecule has 0 fully saturated rings. The van der Waals surface area contributed by atoms with Crippen molar-refractivity contribution in [3.05, 3.63) is 47.8 Å². The number of pyridine rings is 2. The van der Waals surface area contributed by atoms with E-state index in [1.165, 1.54) is 25.5 Å². The first-order valence-corrected chi connectivity index (χ1v) is 16.6. The molecule has 0 bridgehead atoms. The maximum atomic E-state index is 11.9. The molecule has 38 heavy (non-hydrogen) atoms. The van der Waals surface area contributed by atoms with Crippen molar-refractivity contribution in [2.75, 3.05) is 79.1 Å². The Labute approximate surface area is 224 Å². The molecule has 0 aliphatic carbocycles. The minimum absolute atomic E-state index is 0.0308. The lowest BCUT2D eigenvalue weighted by Crippen LogP contribution is -2.32. The van der Waals surface area contributed by atoms with Crippen molar-refractivity contribution in [3.8, 4) is 0 Å². The number of aliphatic hydroxyl groups excluding tert-OH is 2. The molecule has 0 saturated heterocycles. The molecule has 2 heterocycles. The smallest absolute Gasteiger partial charge is 0.244 e. The summed E-state index contributed by atoms with van der Waals surface area (Å²) in [6.45, 7) is 6.81. The normalized spacial score (nSPS) is 15.1. The molecule has 0 aromatic carbocycles. The van der Waals surface area contributed by atoms with Crippen molar-refractivity contribution in [3.63, 3.8) is 0 Å². The van der Waals surface area contributed by atoms with Crippen LogP contribution in [0.4, 0.5) is 0 Å². The minimum Gasteiger partial charge on any atom is -0.395 e. The second-order valence-corrected chi connectivity index (χ2v) is 13.4. The largest absolute Gasteiger partial charge is 0.395 e. The Morgan fingerprint density at radius 2 is 1.08 bits per heavy atom. The summed E-state index contributed by atoms with van der Waals surface area (Å²) < 4.78 is 35.0. The van der Waals surface area contributed by atoms with E-state index < -0.39 is 14.7 Å². The number of aliphatic hydroxyl groups is 2. The maximum absolute atomic E-state index is 11.9. The van der Waals surface area contributed by atoms with Gasteiger partial charge in [-0.25, -0.2) is 9.97 Å². The SMILES string of the molecule is CP(=O)(O)c1cccc(CN(CCO)CCOCCOCCN(CCO)Cc2cccc(P(C)(=O)O)n2)n1. The molecule has 4 N–H and O–H groups in total. The van der Waals surface area contributed by atoms with Gasteiger partial charge in [0, 0.05) is 52.6 Å². The van der Waals surface area contributed by atoms with Crippen LogP contribution in [0, 0.1) is 0 Å². The van der Waals surface area contributed by atoms with Gasteiger partial charge in [0.1, 0.15) is 10.9 Å². The third kappa shape index (κ3) is 12.5. The Bertz CT molecular complexity index is 982. The quantitative estimate of drug-likeness (QED) is 0.130. The highest BCUT2D eigenvalue weighted by atomic mass is 31.2. The van der Waals surface area contributed by atoms with E-state index in [0.717, 1.165) is 0 Å². The van der Waals surface area contributed by atoms with Crippen LogP contribution in [0.15, 0.2) is 36.4 Å². The number of hydrogen-bond donors (Lipinski definition) is 4. The molecule has 2 aromatic heterocycles. The van der Waals surface area contributed by atoms with Crippen LogP contribution in [0.1, 0.15) is 11.4 Å². The summed E-state index contributed by atoms with van der Waals surface area (Å²) in [5, 5.41) is 18.7. The topological polar surface area (TPSA) is 166 Å². The van der Waals surface area contributed by atoms with Crippen molar-refractivity contribution < 1.29 is 38.6 Å². The summed E-state index contributed by atoms with van der Waals surface area (Å²) in [7, 11) is -6.87. The van der Waals surface area contributed by atoms with Crippen LogP contribution < -0.4 is 10.9 Å². The van der Waals surface area contributed by atoms with E-state index in [4.69, 9.17) is 9.47 Å². The molecule has 12 nitrogen and oxygen atoms in total. The molecule has 214 valence electrons. The van der Waals surface area contributed by atoms with Gasteiger partial charge in [-0.05, 0) is 24.3 Å². The summed E-state index contributed by atoms with van der Waals surface area (Å²) in [6, 6.07) is 10.0. The van der Waals surface area contributed by atoms with Gasteiger partial charge in [-0.15, -0.1) is 0 Å². The summed E-state index contributed by atoms with van der Waals surface area (Å²) in [5.41, 5.74) is 1.60. The number of hydrogen-bond acceptors (Lipinski definition) is 10. The average molecular weight is 575 g/mol. The first-order valence-electron chi connectivity index (χ1n) is 12.4. The van der Waals surface area contributed by atoms with Crippen molar-refractivity contribution in [2.24, 2.45) is 0 Å². The predicted octanol–water partition coefficient (Wildman–Crippen LogP) is -0.150. The molecular formula is C24H40N4O8P2. The van der Waals surface area contributed by atoms with Gasteiger partial charge in [-0.2, -0.15) is 0 Å². The summed E-state index contributed by atoms with van der Waals surface area (Å²) in [6.07, 6.45) is 0. The zero-order chi connectivity index (χ0) is 28.0. The third-order valence-corrected chi connectivity index (χ3v) is 7.71. The molecule has 2 aromatic rings. The van der Waals surface area contributed by atoms with E-state index in [1.807, 2.05) is 9.80 Å². The summed E-state index contributed by atoms with van der Waals surface area (Å²) >= 11 is 0. The summed E-state index contributed by atoms with van der Waals surface area (Å²) in [5.74, 6) is 0. The fraction of sp³-hybridized carbons (Fsp3) is 0.583. The van der Waals surface area contributed by atoms with Crippen molar-refractivity contribution in [1.29, 1.82) is 0 Å². The number of nitrogens with zero attached hydrogens (tertiary/aromatic N) is 4. The number of ether oxygens (including phenoxy) is 2. The molecule has 14 heteroatoms. The molecule has 2 rings (SSSR count). The monoisotopic (exact) mass is 574 g/mol. The van der Waals surface area contributed by atoms with Crippen LogP contribution in [0.2, 0.25) is 0 Å². The highest BCUT2D eigenvalue weighted by Gasteiger charge is 2.17. The molecule has 0 spiro atoms. The molecule has 0 aliphatic heterocycles. The fourth-order valence-electron chi connectivity index (χ4n) is 3.56. The van der Waals surface area contributed by atoms with E-state index in [2.05, 4.69) is 9.97 Å². The Morgan fingerprint density at radius 3 is 1.42 bits per heavy atom. The van der Waals surface area contributed by atoms with Gasteiger partial charge in [-0.1, -0.05) is 12.1 Å². The van der Waals surface area contributed by atoms with Gasteiger partial charge in [0.15, 0.2) is 0 Å². The Kier molecular flexibility index (Phi) is 14.2. The van der Waals surface area contributed by atoms with Gasteiger partial charge in [0.25, 0.3) is 0 Å². The highest BCUT2D eigenvalue weighted by Crippen LogP contribution is 2.33. The molecule has 2 unspecified atom stereocenters. The zero-order valence-electron chi connectivity index (χ0n) is 22.1. The average Bonchev–Trinajstić information content (AvgIpc) is 2.85. The van der Waals surface area contributed by atoms with Gasteiger partial charge in [0.05, 0.1) is 51.0 Å². The van der Waals surface area contributed by atoms with Crippen molar-refractivity contribution in [2.45, 2.75) is 13.1 Å². The fourth-order valence-corrected chi connectivity index (χ4v) is 4.92. The second-order valence-electron chi connectivity index (χ2n) is 8.96. The third-order valence-electron chi connectivity index (χ3n) is 5.51. The first-order chi connectivity index (χ1) is 18.0. The van der Waals surface area contributed by atoms with E-state index in [-0.39, 0.29) is 24.1 Å². The minimum atomic E-state index is -3.44. The summed E-state index contributed by atoms with van der Waals surface area (Å²) in [4.78, 5) is 31.9. The highest BCUT2D eigenvalue weighted by molar-refractivity contribution is 7.65. The zero-order valence-corrected chi connectivity index (χ0v) is 23.8. The van der Waals surface area contributed by atoms with Crippen LogP contribution in [0.3, 0.4) is 0 Å². The number of rotatable bonds is 19. The van der Waals surface area contributed by atoms with E-state index >= 15 is 0 Å². The van der Waals surface area contributed by atoms with Gasteiger partial charge in [-0.3, -0.25) is 18.9 Å². The molecule has 0 saturated carbocycles. The van der Waals surface area contributed by atoms with Crippen LogP contribution in [-0.4, -0.2) is 119 Å². The molecule has 0 aliphatic rings. The van der Waals surface area contributed by atoms with Crippen LogP contribution >= 0.6 is 14.7 Å². The second kappa shape index (κ2) is 16.5. The van der Waals surface area contributed by atoms with Crippen LogP contribution in [0.5, 0.6) is 0 Å². The van der Waals surface area contributed by atoms with Gasteiger partial charge < -0.3 is 29.5 Å². The van der Waals surface area contributed by atoms with E-state index in [9.17, 15) is 29.1 Å². The number of aromatic nitrogens is 2. The first kappa shape index (κ1) is 32.7. The Balaban J connectivity index is 1.69. The standard InChI is InChI=1S/C24H40N4O8P2/c1-37(31,32)23-7-3-5-21(25-23)19-27(9-13-29)11-15-35-17-18-36-16-12-28(10-14-30)20-22-6-4-8-24(26-22)38(2,33)34/h3-8,29-30H,9-20H2,1-2H3,(H,31,32)(H,33,34). The molecular weight excluding hydrogens is 534 g/mol. The van der Waals surface area contributed by atoms with Crippen LogP contribution in [0.25, 0.3) is 0 Å². The lowest BCUT2D eigenvalue weighted by molar-refractivity contribution is 0.0268. The molecule has 0 amide bonds. The predicted molar refractivity (Wildman–Crippen MR) is 146 cm³/mol. The van der Waals surface area contributed by atoms with Gasteiger partial charge >= 0.3 is 0 Å². The molecule has 2 atom stereocenters. The van der Waals surface area contributed by atoms with Crippen molar-refractivity contribution >= 4 is 25.6 Å². The van der Waals surface area contributed by atoms with Crippen molar-refractivity contribution in [1.82, 2.24) is 19.8 Å². The Hall–Kier alpha value is -1.56. The molecule has 0 radical (unpaired) electrons. The van der Waals surface area contributed by atoms with Crippen LogP contribution in [-0.2, 0) is 31.7 Å². The Morgan fingerprint density at radius 1 is 0.684 bits per heavy atom. The lowest BCUT2D eigenvalue weighted by Gasteiger charge is -2.22. The van der Waals surface area contributed by atoms with Gasteiger partial charge in [0.2, 0.25) is 14.7 Å². The van der Waals surface area contributed by atoms with E-state index in [0.29, 0.717) is 77.1 Å². The maximum Gasteiger partial charge on any atom is 0.244 e. The van der Waals surface area contributed by atoms with E-state index in [1.54, 1.807) is 24.3 Å². The lowest BCUT2D eigenvalue weighted by atomic mass is 10.3.